The molecule has 0 saturated carbocycles. The summed E-state index contributed by atoms with van der Waals surface area (Å²) >= 11 is 4.49. The maximum atomic E-state index is 11.9. The van der Waals surface area contributed by atoms with Gasteiger partial charge in [-0.1, -0.05) is 17.8 Å². The highest BCUT2D eigenvalue weighted by atomic mass is 32.2. The van der Waals surface area contributed by atoms with Crippen LogP contribution in [0.2, 0.25) is 0 Å². The van der Waals surface area contributed by atoms with Crippen molar-refractivity contribution in [2.75, 3.05) is 0 Å². The van der Waals surface area contributed by atoms with E-state index in [4.69, 9.17) is 4.42 Å². The van der Waals surface area contributed by atoms with E-state index in [1.54, 1.807) is 23.7 Å². The Morgan fingerprint density at radius 1 is 1.23 bits per heavy atom. The molecule has 4 rings (SSSR count). The molecule has 0 radical (unpaired) electrons. The number of H-pyrrole nitrogens is 1. The standard InChI is InChI=1S/C14H9N3O2S3/c18-11-9-3-5-21-13(9)17-14(16-11)22-7-8-6-19-12(15-8)10-2-1-4-20-10/h1-6H,7H2,(H,16,17,18). The molecule has 4 aromatic rings. The van der Waals surface area contributed by atoms with Gasteiger partial charge in [-0.2, -0.15) is 0 Å². The number of aromatic nitrogens is 3. The predicted octanol–water partition coefficient (Wildman–Crippen LogP) is 3.99. The summed E-state index contributed by atoms with van der Waals surface area (Å²) in [5.41, 5.74) is 0.718. The first-order valence-electron chi connectivity index (χ1n) is 6.38. The van der Waals surface area contributed by atoms with Crippen molar-refractivity contribution in [1.82, 2.24) is 15.0 Å². The van der Waals surface area contributed by atoms with E-state index >= 15 is 0 Å². The van der Waals surface area contributed by atoms with Gasteiger partial charge in [0.05, 0.1) is 16.0 Å². The van der Waals surface area contributed by atoms with Crippen LogP contribution < -0.4 is 5.56 Å². The Morgan fingerprint density at radius 2 is 2.18 bits per heavy atom. The second kappa shape index (κ2) is 5.71. The third kappa shape index (κ3) is 2.60. The molecule has 0 spiro atoms. The Bertz CT molecular complexity index is 969. The van der Waals surface area contributed by atoms with Crippen molar-refractivity contribution >= 4 is 44.7 Å². The number of hydrogen-bond donors (Lipinski definition) is 1. The van der Waals surface area contributed by atoms with Crippen LogP contribution in [0.3, 0.4) is 0 Å². The lowest BCUT2D eigenvalue weighted by Crippen LogP contribution is -2.07. The fraction of sp³-hybridized carbons (Fsp3) is 0.0714. The van der Waals surface area contributed by atoms with Crippen LogP contribution in [0, 0.1) is 0 Å². The van der Waals surface area contributed by atoms with Crippen LogP contribution in [-0.4, -0.2) is 15.0 Å². The summed E-state index contributed by atoms with van der Waals surface area (Å²) in [7, 11) is 0. The number of hydrogen-bond acceptors (Lipinski definition) is 7. The van der Waals surface area contributed by atoms with E-state index in [0.717, 1.165) is 15.4 Å². The first-order chi connectivity index (χ1) is 10.8. The molecule has 22 heavy (non-hydrogen) atoms. The molecule has 0 aromatic carbocycles. The SMILES string of the molecule is O=c1[nH]c(SCc2coc(-c3cccs3)n2)nc2sccc12. The molecule has 4 aromatic heterocycles. The molecule has 4 heterocycles. The predicted molar refractivity (Wildman–Crippen MR) is 89.6 cm³/mol. The zero-order valence-corrected chi connectivity index (χ0v) is 13.6. The summed E-state index contributed by atoms with van der Waals surface area (Å²) in [5.74, 6) is 1.22. The molecule has 0 aliphatic heterocycles. The molecule has 0 unspecified atom stereocenters. The Kier molecular flexibility index (Phi) is 3.57. The summed E-state index contributed by atoms with van der Waals surface area (Å²) in [6.45, 7) is 0. The van der Waals surface area contributed by atoms with Crippen LogP contribution in [0.4, 0.5) is 0 Å². The number of fused-ring (bicyclic) bond motifs is 1. The zero-order chi connectivity index (χ0) is 14.9. The number of oxazole rings is 1. The molecule has 0 atom stereocenters. The topological polar surface area (TPSA) is 71.8 Å². The summed E-state index contributed by atoms with van der Waals surface area (Å²) < 4.78 is 5.47. The van der Waals surface area contributed by atoms with Crippen molar-refractivity contribution in [2.24, 2.45) is 0 Å². The minimum atomic E-state index is -0.104. The molecule has 0 bridgehead atoms. The fourth-order valence-electron chi connectivity index (χ4n) is 1.94. The van der Waals surface area contributed by atoms with Gasteiger partial charge in [-0.25, -0.2) is 9.97 Å². The number of rotatable bonds is 4. The van der Waals surface area contributed by atoms with E-state index in [1.807, 2.05) is 22.9 Å². The molecule has 110 valence electrons. The smallest absolute Gasteiger partial charge is 0.260 e. The largest absolute Gasteiger partial charge is 0.444 e. The summed E-state index contributed by atoms with van der Waals surface area (Å²) in [6, 6.07) is 5.71. The van der Waals surface area contributed by atoms with E-state index in [0.29, 0.717) is 22.2 Å². The van der Waals surface area contributed by atoms with Gasteiger partial charge in [0.1, 0.15) is 11.1 Å². The van der Waals surface area contributed by atoms with Crippen LogP contribution >= 0.6 is 34.4 Å². The van der Waals surface area contributed by atoms with Gasteiger partial charge in [0.25, 0.3) is 5.56 Å². The zero-order valence-electron chi connectivity index (χ0n) is 11.1. The van der Waals surface area contributed by atoms with Gasteiger partial charge in [0.2, 0.25) is 5.89 Å². The van der Waals surface area contributed by atoms with Crippen LogP contribution in [0.25, 0.3) is 21.0 Å². The van der Waals surface area contributed by atoms with Gasteiger partial charge in [-0.3, -0.25) is 4.79 Å². The molecule has 1 N–H and O–H groups in total. The summed E-state index contributed by atoms with van der Waals surface area (Å²) in [5, 5.41) is 5.09. The van der Waals surface area contributed by atoms with Crippen LogP contribution in [0.15, 0.2) is 49.6 Å². The second-order valence-corrected chi connectivity index (χ2v) is 7.23. The molecule has 0 amide bonds. The molecule has 0 fully saturated rings. The van der Waals surface area contributed by atoms with Gasteiger partial charge >= 0.3 is 0 Å². The van der Waals surface area contributed by atoms with Crippen molar-refractivity contribution in [3.8, 4) is 10.8 Å². The van der Waals surface area contributed by atoms with E-state index in [2.05, 4.69) is 15.0 Å². The number of thiophene rings is 2. The first-order valence-corrected chi connectivity index (χ1v) is 9.13. The van der Waals surface area contributed by atoms with Gasteiger partial charge in [-0.05, 0) is 22.9 Å². The number of nitrogens with one attached hydrogen (secondary N) is 1. The van der Waals surface area contributed by atoms with Crippen molar-refractivity contribution in [1.29, 1.82) is 0 Å². The fourth-order valence-corrected chi connectivity index (χ4v) is 4.16. The molecule has 0 aliphatic rings. The van der Waals surface area contributed by atoms with Gasteiger partial charge < -0.3 is 9.40 Å². The van der Waals surface area contributed by atoms with Gasteiger partial charge in [0.15, 0.2) is 5.16 Å². The maximum Gasteiger partial charge on any atom is 0.260 e. The highest BCUT2D eigenvalue weighted by Crippen LogP contribution is 2.26. The number of aromatic amines is 1. The Labute approximate surface area is 137 Å². The van der Waals surface area contributed by atoms with Crippen molar-refractivity contribution < 1.29 is 4.42 Å². The lowest BCUT2D eigenvalue weighted by molar-refractivity contribution is 0.575. The van der Waals surface area contributed by atoms with Gasteiger partial charge in [-0.15, -0.1) is 22.7 Å². The molecule has 0 saturated heterocycles. The molecule has 5 nitrogen and oxygen atoms in total. The third-order valence-corrected chi connectivity index (χ3v) is 5.52. The summed E-state index contributed by atoms with van der Waals surface area (Å²) in [4.78, 5) is 25.3. The van der Waals surface area contributed by atoms with Crippen molar-refractivity contribution in [2.45, 2.75) is 10.9 Å². The van der Waals surface area contributed by atoms with E-state index in [-0.39, 0.29) is 5.56 Å². The highest BCUT2D eigenvalue weighted by molar-refractivity contribution is 7.98. The maximum absolute atomic E-state index is 11.9. The van der Waals surface area contributed by atoms with Crippen LogP contribution in [0.1, 0.15) is 5.69 Å². The normalized spacial score (nSPS) is 11.3. The average Bonchev–Trinajstić information content (AvgIpc) is 3.25. The summed E-state index contributed by atoms with van der Waals surface area (Å²) in [6.07, 6.45) is 1.64. The Balaban J connectivity index is 1.53. The second-order valence-electron chi connectivity index (χ2n) is 4.42. The quantitative estimate of drug-likeness (QED) is 0.446. The minimum Gasteiger partial charge on any atom is -0.444 e. The molecular weight excluding hydrogens is 338 g/mol. The Hall–Kier alpha value is -1.90. The van der Waals surface area contributed by atoms with E-state index in [1.165, 1.54) is 23.1 Å². The lowest BCUT2D eigenvalue weighted by atomic mass is 10.4. The average molecular weight is 347 g/mol. The molecule has 0 aliphatic carbocycles. The van der Waals surface area contributed by atoms with Crippen molar-refractivity contribution in [3.05, 3.63) is 51.3 Å². The monoisotopic (exact) mass is 347 g/mol. The number of nitrogens with zero attached hydrogens (tertiary/aromatic N) is 2. The first kappa shape index (κ1) is 13.7. The molecule has 8 heteroatoms. The van der Waals surface area contributed by atoms with Crippen LogP contribution in [0.5, 0.6) is 0 Å². The van der Waals surface area contributed by atoms with Crippen molar-refractivity contribution in [3.63, 3.8) is 0 Å². The van der Waals surface area contributed by atoms with E-state index < -0.39 is 0 Å². The molecular formula is C14H9N3O2S3. The minimum absolute atomic E-state index is 0.104. The van der Waals surface area contributed by atoms with E-state index in [9.17, 15) is 4.79 Å². The Morgan fingerprint density at radius 3 is 3.05 bits per heavy atom. The highest BCUT2D eigenvalue weighted by Gasteiger charge is 2.10. The third-order valence-electron chi connectivity index (χ3n) is 2.95. The number of thioether (sulfide) groups is 1. The van der Waals surface area contributed by atoms with Gasteiger partial charge in [0, 0.05) is 5.75 Å². The lowest BCUT2D eigenvalue weighted by Gasteiger charge is -1.98. The van der Waals surface area contributed by atoms with Crippen LogP contribution in [-0.2, 0) is 5.75 Å².